The SMILES string of the molecule is N#CC1=C(SCC(=O)Nc2ccc(Br)cc2F)NC(=O)C[C@H]1c1cccc(Br)c1. The smallest absolute Gasteiger partial charge is 0.234 e. The molecular weight excluding hydrogens is 525 g/mol. The summed E-state index contributed by atoms with van der Waals surface area (Å²) in [4.78, 5) is 24.4. The van der Waals surface area contributed by atoms with Crippen LogP contribution in [0.3, 0.4) is 0 Å². The van der Waals surface area contributed by atoms with Crippen LogP contribution in [0.2, 0.25) is 0 Å². The van der Waals surface area contributed by atoms with Crippen LogP contribution in [0, 0.1) is 17.1 Å². The largest absolute Gasteiger partial charge is 0.323 e. The molecule has 9 heteroatoms. The predicted octanol–water partition coefficient (Wildman–Crippen LogP) is 5.06. The van der Waals surface area contributed by atoms with Crippen molar-refractivity contribution in [1.29, 1.82) is 5.26 Å². The second kappa shape index (κ2) is 9.57. The molecule has 0 bridgehead atoms. The van der Waals surface area contributed by atoms with Gasteiger partial charge in [-0.2, -0.15) is 5.26 Å². The van der Waals surface area contributed by atoms with E-state index < -0.39 is 11.7 Å². The molecule has 2 aromatic carbocycles. The Morgan fingerprint density at radius 2 is 2.03 bits per heavy atom. The fraction of sp³-hybridized carbons (Fsp3) is 0.150. The molecule has 1 aliphatic rings. The van der Waals surface area contributed by atoms with Crippen molar-refractivity contribution in [2.75, 3.05) is 11.1 Å². The van der Waals surface area contributed by atoms with E-state index >= 15 is 0 Å². The van der Waals surface area contributed by atoms with Crippen molar-refractivity contribution in [2.45, 2.75) is 12.3 Å². The van der Waals surface area contributed by atoms with Gasteiger partial charge >= 0.3 is 0 Å². The summed E-state index contributed by atoms with van der Waals surface area (Å²) in [5.41, 5.74) is 1.30. The summed E-state index contributed by atoms with van der Waals surface area (Å²) in [5, 5.41) is 15.2. The molecule has 0 unspecified atom stereocenters. The quantitative estimate of drug-likeness (QED) is 0.557. The average molecular weight is 539 g/mol. The van der Waals surface area contributed by atoms with Gasteiger partial charge in [-0.25, -0.2) is 4.39 Å². The number of hydrogen-bond donors (Lipinski definition) is 2. The molecule has 5 nitrogen and oxygen atoms in total. The van der Waals surface area contributed by atoms with Crippen LogP contribution in [0.4, 0.5) is 10.1 Å². The molecule has 1 atom stereocenters. The minimum atomic E-state index is -0.560. The van der Waals surface area contributed by atoms with Gasteiger partial charge in [-0.1, -0.05) is 55.8 Å². The van der Waals surface area contributed by atoms with E-state index in [0.29, 0.717) is 15.1 Å². The third-order valence-electron chi connectivity index (χ3n) is 4.16. The highest BCUT2D eigenvalue weighted by Crippen LogP contribution is 2.36. The normalized spacial score (nSPS) is 16.2. The number of amides is 2. The van der Waals surface area contributed by atoms with Gasteiger partial charge in [0.15, 0.2) is 0 Å². The highest BCUT2D eigenvalue weighted by Gasteiger charge is 2.30. The average Bonchev–Trinajstić information content (AvgIpc) is 2.68. The van der Waals surface area contributed by atoms with E-state index in [4.69, 9.17) is 0 Å². The Balaban J connectivity index is 1.76. The Morgan fingerprint density at radius 3 is 2.72 bits per heavy atom. The highest BCUT2D eigenvalue weighted by atomic mass is 79.9. The molecule has 0 saturated carbocycles. The van der Waals surface area contributed by atoms with Gasteiger partial charge in [-0.3, -0.25) is 9.59 Å². The van der Waals surface area contributed by atoms with Crippen LogP contribution >= 0.6 is 43.6 Å². The number of carbonyl (C=O) groups is 2. The summed E-state index contributed by atoms with van der Waals surface area (Å²) in [7, 11) is 0. The van der Waals surface area contributed by atoms with Gasteiger partial charge in [0.1, 0.15) is 5.82 Å². The molecule has 2 aromatic rings. The first-order chi connectivity index (χ1) is 13.9. The molecule has 148 valence electrons. The highest BCUT2D eigenvalue weighted by molar-refractivity contribution is 9.10. The number of rotatable bonds is 5. The molecule has 2 amide bonds. The molecular formula is C20H14Br2FN3O2S. The second-order valence-electron chi connectivity index (χ2n) is 6.18. The monoisotopic (exact) mass is 537 g/mol. The van der Waals surface area contributed by atoms with E-state index in [-0.39, 0.29) is 29.7 Å². The third-order valence-corrected chi connectivity index (χ3v) is 6.16. The number of allylic oxidation sites excluding steroid dienone is 1. The van der Waals surface area contributed by atoms with Crippen LogP contribution in [-0.4, -0.2) is 17.6 Å². The maximum atomic E-state index is 13.9. The number of nitrogens with one attached hydrogen (secondary N) is 2. The first-order valence-electron chi connectivity index (χ1n) is 8.44. The van der Waals surface area contributed by atoms with Crippen molar-refractivity contribution in [2.24, 2.45) is 0 Å². The Bertz CT molecular complexity index is 1050. The number of anilines is 1. The van der Waals surface area contributed by atoms with E-state index in [0.717, 1.165) is 21.8 Å². The van der Waals surface area contributed by atoms with E-state index in [1.165, 1.54) is 12.1 Å². The van der Waals surface area contributed by atoms with Gasteiger partial charge in [0.25, 0.3) is 0 Å². The van der Waals surface area contributed by atoms with Gasteiger partial charge in [0, 0.05) is 21.3 Å². The molecule has 3 rings (SSSR count). The Kier molecular flexibility index (Phi) is 7.11. The van der Waals surface area contributed by atoms with Crippen molar-refractivity contribution in [3.8, 4) is 6.07 Å². The summed E-state index contributed by atoms with van der Waals surface area (Å²) < 4.78 is 15.3. The Morgan fingerprint density at radius 1 is 1.28 bits per heavy atom. The van der Waals surface area contributed by atoms with E-state index in [1.807, 2.05) is 24.3 Å². The number of nitrogens with zero attached hydrogens (tertiary/aromatic N) is 1. The van der Waals surface area contributed by atoms with Crippen LogP contribution in [0.1, 0.15) is 17.9 Å². The Labute approximate surface area is 188 Å². The summed E-state index contributed by atoms with van der Waals surface area (Å²) >= 11 is 7.60. The summed E-state index contributed by atoms with van der Waals surface area (Å²) in [6, 6.07) is 13.9. The second-order valence-corrected chi connectivity index (χ2v) is 8.99. The van der Waals surface area contributed by atoms with Crippen molar-refractivity contribution in [3.05, 3.63) is 73.4 Å². The van der Waals surface area contributed by atoms with Crippen LogP contribution in [-0.2, 0) is 9.59 Å². The van der Waals surface area contributed by atoms with Crippen LogP contribution in [0.25, 0.3) is 0 Å². The number of carbonyl (C=O) groups excluding carboxylic acids is 2. The molecule has 0 aromatic heterocycles. The topological polar surface area (TPSA) is 82.0 Å². The van der Waals surface area contributed by atoms with Crippen molar-refractivity contribution < 1.29 is 14.0 Å². The fourth-order valence-corrected chi connectivity index (χ4v) is 4.48. The van der Waals surface area contributed by atoms with E-state index in [1.54, 1.807) is 6.07 Å². The number of halogens is 3. The van der Waals surface area contributed by atoms with Gasteiger partial charge in [-0.05, 0) is 35.9 Å². The maximum absolute atomic E-state index is 13.9. The Hall–Kier alpha value is -2.15. The lowest BCUT2D eigenvalue weighted by atomic mass is 9.87. The molecule has 29 heavy (non-hydrogen) atoms. The standard InChI is InChI=1S/C20H14Br2FN3O2S/c21-12-3-1-2-11(6-12)14-8-18(27)26-20(15(14)9-24)29-10-19(28)25-17-5-4-13(22)7-16(17)23/h1-7,14H,8,10H2,(H,25,28)(H,26,27)/t14-/m0/s1. The summed E-state index contributed by atoms with van der Waals surface area (Å²) in [6.45, 7) is 0. The van der Waals surface area contributed by atoms with Gasteiger partial charge in [0.05, 0.1) is 28.1 Å². The van der Waals surface area contributed by atoms with Crippen LogP contribution in [0.5, 0.6) is 0 Å². The molecule has 0 saturated heterocycles. The van der Waals surface area contributed by atoms with Crippen molar-refractivity contribution >= 4 is 61.1 Å². The van der Waals surface area contributed by atoms with Crippen LogP contribution in [0.15, 0.2) is 62.0 Å². The van der Waals surface area contributed by atoms with E-state index in [2.05, 4.69) is 48.6 Å². The van der Waals surface area contributed by atoms with Gasteiger partial charge < -0.3 is 10.6 Å². The maximum Gasteiger partial charge on any atom is 0.234 e. The van der Waals surface area contributed by atoms with E-state index in [9.17, 15) is 19.2 Å². The summed E-state index contributed by atoms with van der Waals surface area (Å²) in [5.74, 6) is -1.70. The predicted molar refractivity (Wildman–Crippen MR) is 117 cm³/mol. The minimum Gasteiger partial charge on any atom is -0.323 e. The van der Waals surface area contributed by atoms with Crippen molar-refractivity contribution in [3.63, 3.8) is 0 Å². The molecule has 0 fully saturated rings. The number of benzene rings is 2. The number of nitriles is 1. The molecule has 0 radical (unpaired) electrons. The first-order valence-corrected chi connectivity index (χ1v) is 11.0. The van der Waals surface area contributed by atoms with Gasteiger partial charge in [-0.15, -0.1) is 0 Å². The summed E-state index contributed by atoms with van der Waals surface area (Å²) in [6.07, 6.45) is 0.152. The third kappa shape index (κ3) is 5.47. The number of hydrogen-bond acceptors (Lipinski definition) is 4. The fourth-order valence-electron chi connectivity index (χ4n) is 2.86. The number of thioether (sulfide) groups is 1. The lowest BCUT2D eigenvalue weighted by molar-refractivity contribution is -0.121. The zero-order valence-corrected chi connectivity index (χ0v) is 18.8. The van der Waals surface area contributed by atoms with Crippen molar-refractivity contribution in [1.82, 2.24) is 5.32 Å². The minimum absolute atomic E-state index is 0.0629. The molecule has 1 aliphatic heterocycles. The van der Waals surface area contributed by atoms with Gasteiger partial charge in [0.2, 0.25) is 11.8 Å². The van der Waals surface area contributed by atoms with Crippen LogP contribution < -0.4 is 10.6 Å². The molecule has 0 aliphatic carbocycles. The lowest BCUT2D eigenvalue weighted by Crippen LogP contribution is -2.31. The zero-order chi connectivity index (χ0) is 21.0. The molecule has 1 heterocycles. The molecule has 0 spiro atoms. The zero-order valence-electron chi connectivity index (χ0n) is 14.8. The first kappa shape index (κ1) is 21.6. The molecule has 2 N–H and O–H groups in total. The lowest BCUT2D eigenvalue weighted by Gasteiger charge is -2.25.